The molecule has 1 amide bonds. The summed E-state index contributed by atoms with van der Waals surface area (Å²) in [5.74, 6) is -0.242. The topological polar surface area (TPSA) is 67.0 Å². The number of benzene rings is 2. The van der Waals surface area contributed by atoms with Crippen LogP contribution in [0.5, 0.6) is 5.75 Å². The van der Waals surface area contributed by atoms with Gasteiger partial charge >= 0.3 is 6.18 Å². The number of ether oxygens (including phenoxy) is 1. The number of aromatic nitrogens is 2. The van der Waals surface area contributed by atoms with Gasteiger partial charge in [0.15, 0.2) is 5.82 Å². The van der Waals surface area contributed by atoms with E-state index in [2.05, 4.69) is 10.4 Å². The molecule has 10 heteroatoms. The molecule has 0 spiro atoms. The van der Waals surface area contributed by atoms with Crippen LogP contribution in [0, 0.1) is 0 Å². The molecule has 0 atom stereocenters. The van der Waals surface area contributed by atoms with Crippen LogP contribution in [0.3, 0.4) is 0 Å². The number of hydrogen-bond donors (Lipinski definition) is 2. The van der Waals surface area contributed by atoms with E-state index in [1.807, 2.05) is 5.10 Å². The molecule has 1 aromatic heterocycles. The van der Waals surface area contributed by atoms with Gasteiger partial charge in [0, 0.05) is 11.4 Å². The van der Waals surface area contributed by atoms with E-state index in [9.17, 15) is 18.0 Å². The van der Waals surface area contributed by atoms with Gasteiger partial charge in [-0.1, -0.05) is 53.5 Å². The van der Waals surface area contributed by atoms with Crippen LogP contribution in [-0.4, -0.2) is 22.7 Å². The molecule has 3 rings (SSSR count). The fourth-order valence-corrected chi connectivity index (χ4v) is 3.19. The van der Waals surface area contributed by atoms with Crippen molar-refractivity contribution in [3.05, 3.63) is 64.3 Å². The largest absolute Gasteiger partial charge is 0.492 e. The molecule has 0 aliphatic carbocycles. The molecule has 0 saturated carbocycles. The van der Waals surface area contributed by atoms with Crippen molar-refractivity contribution in [2.75, 3.05) is 11.9 Å². The molecule has 2 N–H and O–H groups in total. The number of H-pyrrole nitrogens is 1. The van der Waals surface area contributed by atoms with Gasteiger partial charge in [-0.3, -0.25) is 9.89 Å². The lowest BCUT2D eigenvalue weighted by atomic mass is 10.0. The number of halogens is 5. The van der Waals surface area contributed by atoms with E-state index in [0.717, 1.165) is 0 Å². The number of nitrogens with zero attached hydrogens (tertiary/aromatic N) is 1. The molecule has 1 heterocycles. The molecule has 2 aromatic carbocycles. The third-order valence-corrected chi connectivity index (χ3v) is 4.60. The van der Waals surface area contributed by atoms with Crippen molar-refractivity contribution in [3.63, 3.8) is 0 Å². The molecule has 0 fully saturated rings. The van der Waals surface area contributed by atoms with Crippen LogP contribution in [0.4, 0.5) is 19.0 Å². The third kappa shape index (κ3) is 5.46. The minimum Gasteiger partial charge on any atom is -0.492 e. The highest BCUT2D eigenvalue weighted by atomic mass is 35.5. The van der Waals surface area contributed by atoms with E-state index in [4.69, 9.17) is 27.9 Å². The van der Waals surface area contributed by atoms with Gasteiger partial charge in [0.05, 0.1) is 17.2 Å². The van der Waals surface area contributed by atoms with Crippen LogP contribution in [0.2, 0.25) is 10.0 Å². The van der Waals surface area contributed by atoms with Gasteiger partial charge in [-0.2, -0.15) is 18.3 Å². The molecular formula is C20H16Cl2F3N3O2. The smallest absolute Gasteiger partial charge is 0.433 e. The first kappa shape index (κ1) is 22.0. The van der Waals surface area contributed by atoms with Crippen molar-refractivity contribution in [1.29, 1.82) is 0 Å². The Labute approximate surface area is 180 Å². The van der Waals surface area contributed by atoms with Gasteiger partial charge in [0.1, 0.15) is 11.4 Å². The molecular weight excluding hydrogens is 442 g/mol. The van der Waals surface area contributed by atoms with Crippen LogP contribution in [-0.2, 0) is 11.0 Å². The highest BCUT2D eigenvalue weighted by molar-refractivity contribution is 6.35. The third-order valence-electron chi connectivity index (χ3n) is 4.07. The summed E-state index contributed by atoms with van der Waals surface area (Å²) < 4.78 is 45.5. The molecule has 30 heavy (non-hydrogen) atoms. The molecule has 3 aromatic rings. The lowest BCUT2D eigenvalue weighted by Gasteiger charge is -2.10. The average Bonchev–Trinajstić information content (AvgIpc) is 3.11. The van der Waals surface area contributed by atoms with Crippen LogP contribution < -0.4 is 10.1 Å². The maximum Gasteiger partial charge on any atom is 0.433 e. The van der Waals surface area contributed by atoms with Gasteiger partial charge in [0.2, 0.25) is 5.91 Å². The zero-order valence-electron chi connectivity index (χ0n) is 15.4. The van der Waals surface area contributed by atoms with Crippen molar-refractivity contribution in [3.8, 4) is 16.9 Å². The van der Waals surface area contributed by atoms with Crippen LogP contribution in [0.15, 0.2) is 48.5 Å². The summed E-state index contributed by atoms with van der Waals surface area (Å²) in [5.41, 5.74) is -0.944. The minimum atomic E-state index is -4.65. The first-order valence-corrected chi connectivity index (χ1v) is 9.60. The summed E-state index contributed by atoms with van der Waals surface area (Å²) in [6.45, 7) is 0.189. The Balaban J connectivity index is 1.63. The summed E-state index contributed by atoms with van der Waals surface area (Å²) in [6.07, 6.45) is -4.30. The first-order chi connectivity index (χ1) is 14.3. The summed E-state index contributed by atoms with van der Waals surface area (Å²) >= 11 is 11.8. The number of anilines is 1. The number of hydrogen-bond acceptors (Lipinski definition) is 3. The molecule has 158 valence electrons. The normalized spacial score (nSPS) is 11.4. The average molecular weight is 458 g/mol. The molecule has 0 aliphatic heterocycles. The van der Waals surface area contributed by atoms with Crippen LogP contribution >= 0.6 is 23.2 Å². The molecule has 0 bridgehead atoms. The minimum absolute atomic E-state index is 0.0215. The number of alkyl halides is 3. The van der Waals surface area contributed by atoms with Crippen molar-refractivity contribution in [1.82, 2.24) is 10.2 Å². The predicted octanol–water partition coefficient (Wildman–Crippen LogP) is 6.20. The standard InChI is InChI=1S/C20H16Cl2F3N3O2/c21-13-8-9-15(14(22)11-13)30-10-4-7-16(29)26-19-17(12-5-2-1-3-6-12)18(27-28-19)20(23,24)25/h1-3,5-6,8-9,11H,4,7,10H2,(H2,26,27,28,29). The lowest BCUT2D eigenvalue weighted by molar-refractivity contribution is -0.140. The fraction of sp³-hybridized carbons (Fsp3) is 0.200. The Morgan fingerprint density at radius 2 is 1.87 bits per heavy atom. The van der Waals surface area contributed by atoms with E-state index in [1.54, 1.807) is 30.3 Å². The number of amides is 1. The van der Waals surface area contributed by atoms with E-state index in [0.29, 0.717) is 22.2 Å². The zero-order valence-corrected chi connectivity index (χ0v) is 16.9. The van der Waals surface area contributed by atoms with E-state index in [-0.39, 0.29) is 30.0 Å². The maximum atomic E-state index is 13.3. The summed E-state index contributed by atoms with van der Waals surface area (Å²) in [7, 11) is 0. The van der Waals surface area contributed by atoms with Crippen LogP contribution in [0.25, 0.3) is 11.1 Å². The Bertz CT molecular complexity index is 1020. The van der Waals surface area contributed by atoms with Gasteiger partial charge < -0.3 is 10.1 Å². The Morgan fingerprint density at radius 1 is 1.13 bits per heavy atom. The SMILES string of the molecule is O=C(CCCOc1ccc(Cl)cc1Cl)Nc1n[nH]c(C(F)(F)F)c1-c1ccccc1. The molecule has 0 radical (unpaired) electrons. The van der Waals surface area contributed by atoms with Gasteiger partial charge in [-0.25, -0.2) is 0 Å². The second kappa shape index (κ2) is 9.40. The summed E-state index contributed by atoms with van der Waals surface area (Å²) in [6, 6.07) is 12.7. The Morgan fingerprint density at radius 3 is 2.53 bits per heavy atom. The Hall–Kier alpha value is -2.71. The Kier molecular flexibility index (Phi) is 6.89. The van der Waals surface area contributed by atoms with E-state index >= 15 is 0 Å². The number of rotatable bonds is 7. The summed E-state index contributed by atoms with van der Waals surface area (Å²) in [5, 5.41) is 8.89. The van der Waals surface area contributed by atoms with Crippen molar-refractivity contribution in [2.45, 2.75) is 19.0 Å². The molecule has 5 nitrogen and oxygen atoms in total. The molecule has 0 unspecified atom stereocenters. The molecule has 0 saturated heterocycles. The van der Waals surface area contributed by atoms with E-state index in [1.165, 1.54) is 18.2 Å². The van der Waals surface area contributed by atoms with Gasteiger partial charge in [-0.05, 0) is 30.2 Å². The number of carbonyl (C=O) groups excluding carboxylic acids is 1. The predicted molar refractivity (Wildman–Crippen MR) is 109 cm³/mol. The van der Waals surface area contributed by atoms with Crippen LogP contribution in [0.1, 0.15) is 18.5 Å². The van der Waals surface area contributed by atoms with Gasteiger partial charge in [-0.15, -0.1) is 0 Å². The number of nitrogens with one attached hydrogen (secondary N) is 2. The van der Waals surface area contributed by atoms with Gasteiger partial charge in [0.25, 0.3) is 0 Å². The second-order valence-corrected chi connectivity index (χ2v) is 7.10. The lowest BCUT2D eigenvalue weighted by Crippen LogP contribution is -2.14. The summed E-state index contributed by atoms with van der Waals surface area (Å²) in [4.78, 5) is 12.2. The monoisotopic (exact) mass is 457 g/mol. The highest BCUT2D eigenvalue weighted by Crippen LogP contribution is 2.39. The quantitative estimate of drug-likeness (QED) is 0.415. The molecule has 0 aliphatic rings. The first-order valence-electron chi connectivity index (χ1n) is 8.84. The maximum absolute atomic E-state index is 13.3. The number of aromatic amines is 1. The fourth-order valence-electron chi connectivity index (χ4n) is 2.73. The van der Waals surface area contributed by atoms with E-state index < -0.39 is 17.8 Å². The number of carbonyl (C=O) groups is 1. The van der Waals surface area contributed by atoms with Crippen molar-refractivity contribution >= 4 is 34.9 Å². The highest BCUT2D eigenvalue weighted by Gasteiger charge is 2.38. The van der Waals surface area contributed by atoms with Crippen molar-refractivity contribution < 1.29 is 22.7 Å². The zero-order chi connectivity index (χ0) is 21.7. The second-order valence-electron chi connectivity index (χ2n) is 6.26. The van der Waals surface area contributed by atoms with Crippen molar-refractivity contribution in [2.24, 2.45) is 0 Å².